The fourth-order valence-electron chi connectivity index (χ4n) is 3.15. The molecule has 0 spiro atoms. The zero-order valence-corrected chi connectivity index (χ0v) is 14.7. The van der Waals surface area contributed by atoms with E-state index in [0.29, 0.717) is 12.8 Å². The van der Waals surface area contributed by atoms with Crippen LogP contribution < -0.4 is 5.32 Å². The van der Waals surface area contributed by atoms with Gasteiger partial charge in [-0.1, -0.05) is 30.3 Å². The SMILES string of the molecule is O=C(CCc1ccco1)NCCN1CCN(Cc2ccccc2)CC1. The largest absolute Gasteiger partial charge is 0.469 e. The monoisotopic (exact) mass is 341 g/mol. The second kappa shape index (κ2) is 9.39. The van der Waals surface area contributed by atoms with Gasteiger partial charge in [-0.25, -0.2) is 0 Å². The zero-order chi connectivity index (χ0) is 17.3. The Kier molecular flexibility index (Phi) is 6.65. The van der Waals surface area contributed by atoms with Crippen LogP contribution in [0, 0.1) is 0 Å². The molecule has 0 aliphatic carbocycles. The third-order valence-electron chi connectivity index (χ3n) is 4.64. The molecular weight excluding hydrogens is 314 g/mol. The summed E-state index contributed by atoms with van der Waals surface area (Å²) in [5, 5.41) is 3.01. The molecule has 1 aromatic carbocycles. The number of hydrogen-bond donors (Lipinski definition) is 1. The van der Waals surface area contributed by atoms with Crippen LogP contribution in [0.15, 0.2) is 53.1 Å². The summed E-state index contributed by atoms with van der Waals surface area (Å²) in [6.07, 6.45) is 2.79. The quantitative estimate of drug-likeness (QED) is 0.799. The van der Waals surface area contributed by atoms with Gasteiger partial charge in [0.15, 0.2) is 0 Å². The minimum atomic E-state index is 0.0964. The summed E-state index contributed by atoms with van der Waals surface area (Å²) < 4.78 is 5.24. The van der Waals surface area contributed by atoms with Crippen molar-refractivity contribution in [2.24, 2.45) is 0 Å². The van der Waals surface area contributed by atoms with E-state index in [2.05, 4.69) is 45.4 Å². The maximum Gasteiger partial charge on any atom is 0.220 e. The van der Waals surface area contributed by atoms with Gasteiger partial charge >= 0.3 is 0 Å². The van der Waals surface area contributed by atoms with Crippen molar-refractivity contribution in [3.63, 3.8) is 0 Å². The number of piperazine rings is 1. The van der Waals surface area contributed by atoms with Crippen molar-refractivity contribution in [2.45, 2.75) is 19.4 Å². The van der Waals surface area contributed by atoms with Gasteiger partial charge in [0.05, 0.1) is 6.26 Å². The van der Waals surface area contributed by atoms with Crippen LogP contribution in [0.2, 0.25) is 0 Å². The fraction of sp³-hybridized carbons (Fsp3) is 0.450. The highest BCUT2D eigenvalue weighted by atomic mass is 16.3. The number of carbonyl (C=O) groups is 1. The molecule has 0 saturated carbocycles. The van der Waals surface area contributed by atoms with Gasteiger partial charge in [0.2, 0.25) is 5.91 Å². The van der Waals surface area contributed by atoms with Crippen molar-refractivity contribution in [1.29, 1.82) is 0 Å². The molecule has 25 heavy (non-hydrogen) atoms. The lowest BCUT2D eigenvalue weighted by Gasteiger charge is -2.34. The summed E-state index contributed by atoms with van der Waals surface area (Å²) in [5.74, 6) is 0.962. The molecule has 5 nitrogen and oxygen atoms in total. The van der Waals surface area contributed by atoms with Crippen LogP contribution in [0.4, 0.5) is 0 Å². The third kappa shape index (κ3) is 6.03. The highest BCUT2D eigenvalue weighted by Gasteiger charge is 2.16. The van der Waals surface area contributed by atoms with E-state index in [1.54, 1.807) is 6.26 Å². The maximum atomic E-state index is 11.9. The highest BCUT2D eigenvalue weighted by molar-refractivity contribution is 5.76. The summed E-state index contributed by atoms with van der Waals surface area (Å²) in [7, 11) is 0. The fourth-order valence-corrected chi connectivity index (χ4v) is 3.15. The van der Waals surface area contributed by atoms with Crippen LogP contribution in [0.5, 0.6) is 0 Å². The van der Waals surface area contributed by atoms with Crippen molar-refractivity contribution < 1.29 is 9.21 Å². The van der Waals surface area contributed by atoms with E-state index in [4.69, 9.17) is 4.42 Å². The second-order valence-electron chi connectivity index (χ2n) is 6.53. The summed E-state index contributed by atoms with van der Waals surface area (Å²) >= 11 is 0. The van der Waals surface area contributed by atoms with Gasteiger partial charge in [0.25, 0.3) is 0 Å². The zero-order valence-electron chi connectivity index (χ0n) is 14.7. The van der Waals surface area contributed by atoms with Crippen molar-refractivity contribution in [3.05, 3.63) is 60.1 Å². The number of aryl methyl sites for hydroxylation is 1. The lowest BCUT2D eigenvalue weighted by molar-refractivity contribution is -0.121. The van der Waals surface area contributed by atoms with Crippen LogP contribution >= 0.6 is 0 Å². The van der Waals surface area contributed by atoms with Gasteiger partial charge in [-0.2, -0.15) is 0 Å². The number of nitrogens with one attached hydrogen (secondary N) is 1. The predicted octanol–water partition coefficient (Wildman–Crippen LogP) is 2.15. The predicted molar refractivity (Wildman–Crippen MR) is 98.2 cm³/mol. The normalized spacial score (nSPS) is 16.0. The van der Waals surface area contributed by atoms with Gasteiger partial charge < -0.3 is 9.73 Å². The molecule has 1 fully saturated rings. The van der Waals surface area contributed by atoms with Crippen LogP contribution in [0.3, 0.4) is 0 Å². The second-order valence-corrected chi connectivity index (χ2v) is 6.53. The van der Waals surface area contributed by atoms with Crippen molar-refractivity contribution in [1.82, 2.24) is 15.1 Å². The Morgan fingerprint density at radius 3 is 2.48 bits per heavy atom. The Bertz CT molecular complexity index is 620. The molecule has 0 atom stereocenters. The average molecular weight is 341 g/mol. The molecule has 3 rings (SSSR count). The lowest BCUT2D eigenvalue weighted by Crippen LogP contribution is -2.48. The van der Waals surface area contributed by atoms with Gasteiger partial charge in [-0.05, 0) is 17.7 Å². The van der Waals surface area contributed by atoms with E-state index in [0.717, 1.165) is 51.6 Å². The number of furan rings is 1. The van der Waals surface area contributed by atoms with Crippen LogP contribution in [0.1, 0.15) is 17.7 Å². The minimum absolute atomic E-state index is 0.0964. The van der Waals surface area contributed by atoms with E-state index in [-0.39, 0.29) is 5.91 Å². The van der Waals surface area contributed by atoms with Crippen molar-refractivity contribution in [3.8, 4) is 0 Å². The van der Waals surface area contributed by atoms with Gasteiger partial charge in [0.1, 0.15) is 5.76 Å². The molecule has 1 N–H and O–H groups in total. The number of benzene rings is 1. The van der Waals surface area contributed by atoms with E-state index in [9.17, 15) is 4.79 Å². The molecule has 134 valence electrons. The number of amides is 1. The molecule has 1 aliphatic rings. The smallest absolute Gasteiger partial charge is 0.220 e. The van der Waals surface area contributed by atoms with Gasteiger partial charge in [0, 0.05) is 58.7 Å². The Morgan fingerprint density at radius 2 is 1.76 bits per heavy atom. The first kappa shape index (κ1) is 17.7. The molecule has 0 radical (unpaired) electrons. The Hall–Kier alpha value is -2.11. The topological polar surface area (TPSA) is 48.7 Å². The molecule has 0 bridgehead atoms. The van der Waals surface area contributed by atoms with Gasteiger partial charge in [-0.15, -0.1) is 0 Å². The third-order valence-corrected chi connectivity index (χ3v) is 4.64. The summed E-state index contributed by atoms with van der Waals surface area (Å²) in [6.45, 7) is 6.96. The molecule has 5 heteroatoms. The number of rotatable bonds is 8. The average Bonchev–Trinajstić information content (AvgIpc) is 3.16. The number of nitrogens with zero attached hydrogens (tertiary/aromatic N) is 2. The molecule has 1 saturated heterocycles. The van der Waals surface area contributed by atoms with Crippen molar-refractivity contribution in [2.75, 3.05) is 39.3 Å². The first-order valence-corrected chi connectivity index (χ1v) is 9.07. The Morgan fingerprint density at radius 1 is 1.00 bits per heavy atom. The first-order chi connectivity index (χ1) is 12.3. The van der Waals surface area contributed by atoms with E-state index in [1.807, 2.05) is 12.1 Å². The summed E-state index contributed by atoms with van der Waals surface area (Å²) in [6, 6.07) is 14.4. The lowest BCUT2D eigenvalue weighted by atomic mass is 10.2. The van der Waals surface area contributed by atoms with Crippen LogP contribution in [0.25, 0.3) is 0 Å². The molecular formula is C20H27N3O2. The molecule has 1 aliphatic heterocycles. The van der Waals surface area contributed by atoms with E-state index >= 15 is 0 Å². The van der Waals surface area contributed by atoms with E-state index in [1.165, 1.54) is 5.56 Å². The molecule has 2 aromatic rings. The number of carbonyl (C=O) groups excluding carboxylic acids is 1. The standard InChI is InChI=1S/C20H27N3O2/c24-20(9-8-19-7-4-16-25-19)21-10-11-22-12-14-23(15-13-22)17-18-5-2-1-3-6-18/h1-7,16H,8-15,17H2,(H,21,24). The van der Waals surface area contributed by atoms with Gasteiger partial charge in [-0.3, -0.25) is 14.6 Å². The summed E-state index contributed by atoms with van der Waals surface area (Å²) in [4.78, 5) is 16.8. The Balaban J connectivity index is 1.27. The molecule has 0 unspecified atom stereocenters. The van der Waals surface area contributed by atoms with E-state index < -0.39 is 0 Å². The van der Waals surface area contributed by atoms with Crippen molar-refractivity contribution >= 4 is 5.91 Å². The Labute approximate surface area is 149 Å². The molecule has 1 aromatic heterocycles. The number of hydrogen-bond acceptors (Lipinski definition) is 4. The molecule has 1 amide bonds. The summed E-state index contributed by atoms with van der Waals surface area (Å²) in [5.41, 5.74) is 1.37. The highest BCUT2D eigenvalue weighted by Crippen LogP contribution is 2.08. The minimum Gasteiger partial charge on any atom is -0.469 e. The van der Waals surface area contributed by atoms with Crippen LogP contribution in [-0.2, 0) is 17.8 Å². The first-order valence-electron chi connectivity index (χ1n) is 9.07. The maximum absolute atomic E-state index is 11.9. The molecule has 2 heterocycles. The van der Waals surface area contributed by atoms with Crippen LogP contribution in [-0.4, -0.2) is 55.0 Å².